The molecule has 0 aromatic rings. The van der Waals surface area contributed by atoms with Gasteiger partial charge in [0.2, 0.25) is 0 Å². The molecule has 0 fully saturated rings. The third-order valence-electron chi connectivity index (χ3n) is 0. The van der Waals surface area contributed by atoms with E-state index in [1.807, 2.05) is 0 Å². The van der Waals surface area contributed by atoms with Crippen molar-refractivity contribution in [1.82, 2.24) is 0 Å². The first-order valence-corrected chi connectivity index (χ1v) is 0. The molecule has 0 atom stereocenters. The first-order valence-electron chi connectivity index (χ1n) is 0. The molecular weight excluding hydrogens is 272 g/mol. The van der Waals surface area contributed by atoms with Gasteiger partial charge in [-0.2, -0.15) is 0 Å². The fourth-order valence-electron chi connectivity index (χ4n) is 0. The summed E-state index contributed by atoms with van der Waals surface area (Å²) in [6.45, 7) is 0. The van der Waals surface area contributed by atoms with Crippen molar-refractivity contribution < 1.29 is 16.8 Å². The third-order valence-corrected chi connectivity index (χ3v) is 0. The smallest absolute Gasteiger partial charge is 0 e. The van der Waals surface area contributed by atoms with Crippen LogP contribution in [0, 0.1) is 0 Å². The van der Waals surface area contributed by atoms with Gasteiger partial charge < -0.3 is 0 Å². The maximum atomic E-state index is 0. The van der Waals surface area contributed by atoms with Crippen LogP contribution in [0.1, 0.15) is 0 Å². The molecule has 0 bridgehead atoms. The Kier molecular flexibility index (Phi) is 1530. The number of hydrogen-bond acceptors (Lipinski definition) is 0. The third kappa shape index (κ3) is 63.8. The summed E-state index contributed by atoms with van der Waals surface area (Å²) in [5, 5.41) is 0. The predicted molar refractivity (Wildman–Crippen MR) is 43.5 cm³/mol. The first kappa shape index (κ1) is 125. The second-order valence-electron chi connectivity index (χ2n) is 0. The van der Waals surface area contributed by atoms with E-state index >= 15 is 0 Å². The van der Waals surface area contributed by atoms with Crippen LogP contribution < -0.4 is 0 Å². The van der Waals surface area contributed by atoms with Crippen molar-refractivity contribution >= 4 is 74.4 Å². The SMILES string of the molecule is Cl.Cl.Cl.Cl.Cl.Cl.[Co]. The molecule has 0 heterocycles. The minimum Gasteiger partial charge on any atom is -0.147 e. The van der Waals surface area contributed by atoms with E-state index in [0.717, 1.165) is 0 Å². The van der Waals surface area contributed by atoms with Gasteiger partial charge in [0, 0.05) is 16.8 Å². The van der Waals surface area contributed by atoms with Gasteiger partial charge in [0.05, 0.1) is 0 Å². The van der Waals surface area contributed by atoms with Crippen LogP contribution in [0.4, 0.5) is 0 Å². The molecule has 0 amide bonds. The Morgan fingerprint density at radius 1 is 0.286 bits per heavy atom. The number of rotatable bonds is 0. The molecule has 0 aromatic heterocycles. The van der Waals surface area contributed by atoms with E-state index in [-0.39, 0.29) is 91.2 Å². The van der Waals surface area contributed by atoms with E-state index < -0.39 is 0 Å². The minimum absolute atomic E-state index is 0. The van der Waals surface area contributed by atoms with Crippen molar-refractivity contribution in [3.63, 3.8) is 0 Å². The maximum absolute atomic E-state index is 0. The van der Waals surface area contributed by atoms with Gasteiger partial charge in [0.25, 0.3) is 0 Å². The van der Waals surface area contributed by atoms with Crippen LogP contribution in [0.2, 0.25) is 0 Å². The van der Waals surface area contributed by atoms with Crippen LogP contribution in [-0.4, -0.2) is 0 Å². The molecule has 0 N–H and O–H groups in total. The van der Waals surface area contributed by atoms with Crippen LogP contribution in [0.25, 0.3) is 0 Å². The zero-order valence-corrected chi connectivity index (χ0v) is 8.72. The molecule has 0 nitrogen and oxygen atoms in total. The normalized spacial score (nSPS) is 0. The van der Waals surface area contributed by atoms with Gasteiger partial charge >= 0.3 is 0 Å². The van der Waals surface area contributed by atoms with Crippen molar-refractivity contribution in [3.05, 3.63) is 0 Å². The van der Waals surface area contributed by atoms with Crippen molar-refractivity contribution in [3.8, 4) is 0 Å². The van der Waals surface area contributed by atoms with Crippen LogP contribution in [0.15, 0.2) is 0 Å². The first-order chi connectivity index (χ1) is 0. The molecule has 0 aliphatic carbocycles. The van der Waals surface area contributed by atoms with E-state index in [9.17, 15) is 0 Å². The Morgan fingerprint density at radius 3 is 0.286 bits per heavy atom. The summed E-state index contributed by atoms with van der Waals surface area (Å²) in [5.41, 5.74) is 0. The Bertz CT molecular complexity index is 4.14. The second kappa shape index (κ2) is 85.8. The van der Waals surface area contributed by atoms with E-state index in [1.54, 1.807) is 0 Å². The average Bonchev–Trinajstić information content (AvgIpc) is 0. The summed E-state index contributed by atoms with van der Waals surface area (Å²) in [6.07, 6.45) is 0. The summed E-state index contributed by atoms with van der Waals surface area (Å²) >= 11 is 0. The zero-order chi connectivity index (χ0) is 0. The number of hydrogen-bond donors (Lipinski definition) is 0. The molecule has 0 aromatic carbocycles. The van der Waals surface area contributed by atoms with E-state index in [2.05, 4.69) is 0 Å². The Hall–Kier alpha value is 2.25. The molecule has 0 aliphatic heterocycles. The quantitative estimate of drug-likeness (QED) is 0.638. The topological polar surface area (TPSA) is 0 Å². The van der Waals surface area contributed by atoms with Crippen LogP contribution in [-0.2, 0) is 16.8 Å². The molecule has 1 radical (unpaired) electrons. The van der Waals surface area contributed by atoms with Gasteiger partial charge in [-0.25, -0.2) is 0 Å². The molecule has 7 heavy (non-hydrogen) atoms. The fraction of sp³-hybridized carbons (Fsp3) is 0. The molecule has 7 heteroatoms. The van der Waals surface area contributed by atoms with E-state index in [1.165, 1.54) is 0 Å². The monoisotopic (exact) mass is 275 g/mol. The van der Waals surface area contributed by atoms with Gasteiger partial charge in [0.15, 0.2) is 0 Å². The van der Waals surface area contributed by atoms with Gasteiger partial charge in [-0.1, -0.05) is 0 Å². The molecule has 0 aliphatic rings. The summed E-state index contributed by atoms with van der Waals surface area (Å²) in [6, 6.07) is 0. The summed E-state index contributed by atoms with van der Waals surface area (Å²) in [4.78, 5) is 0. The molecule has 0 unspecified atom stereocenters. The summed E-state index contributed by atoms with van der Waals surface area (Å²) in [5.74, 6) is 0. The molecule has 0 rings (SSSR count). The largest absolute Gasteiger partial charge is 0.147 e. The van der Waals surface area contributed by atoms with Crippen LogP contribution in [0.5, 0.6) is 0 Å². The molecule has 0 spiro atoms. The van der Waals surface area contributed by atoms with Crippen molar-refractivity contribution in [2.45, 2.75) is 0 Å². The van der Waals surface area contributed by atoms with Gasteiger partial charge in [-0.15, -0.1) is 74.4 Å². The molecule has 57 valence electrons. The molecular formula is H6Cl6Co. The Labute approximate surface area is 90.6 Å². The number of halogens is 6. The Morgan fingerprint density at radius 2 is 0.286 bits per heavy atom. The zero-order valence-electron chi connectivity index (χ0n) is 2.78. The summed E-state index contributed by atoms with van der Waals surface area (Å²) in [7, 11) is 0. The van der Waals surface area contributed by atoms with Crippen molar-refractivity contribution in [1.29, 1.82) is 0 Å². The van der Waals surface area contributed by atoms with Crippen molar-refractivity contribution in [2.75, 3.05) is 0 Å². The Balaban J connectivity index is 0. The van der Waals surface area contributed by atoms with E-state index in [0.29, 0.717) is 0 Å². The molecule has 0 saturated carbocycles. The maximum Gasteiger partial charge on any atom is 0 e. The summed E-state index contributed by atoms with van der Waals surface area (Å²) < 4.78 is 0. The van der Waals surface area contributed by atoms with Gasteiger partial charge in [-0.05, 0) is 0 Å². The van der Waals surface area contributed by atoms with Gasteiger partial charge in [-0.3, -0.25) is 0 Å². The average molecular weight is 278 g/mol. The predicted octanol–water partition coefficient (Wildman–Crippen LogP) is 2.53. The van der Waals surface area contributed by atoms with E-state index in [4.69, 9.17) is 0 Å². The van der Waals surface area contributed by atoms with Gasteiger partial charge in [0.1, 0.15) is 0 Å². The molecule has 0 saturated heterocycles. The van der Waals surface area contributed by atoms with Crippen molar-refractivity contribution in [2.24, 2.45) is 0 Å². The second-order valence-corrected chi connectivity index (χ2v) is 0. The minimum atomic E-state index is 0. The fourth-order valence-corrected chi connectivity index (χ4v) is 0. The van der Waals surface area contributed by atoms with Crippen LogP contribution in [0.3, 0.4) is 0 Å². The standard InChI is InChI=1S/6ClH.Co/h6*1H;. The van der Waals surface area contributed by atoms with Crippen LogP contribution >= 0.6 is 74.4 Å².